The van der Waals surface area contributed by atoms with Gasteiger partial charge in [0.15, 0.2) is 0 Å². The van der Waals surface area contributed by atoms with Gasteiger partial charge in [-0.2, -0.15) is 0 Å². The Hall–Kier alpha value is 2.15. The predicted octanol–water partition coefficient (Wildman–Crippen LogP) is 3.35. The van der Waals surface area contributed by atoms with Crippen LogP contribution in [0.5, 0.6) is 0 Å². The van der Waals surface area contributed by atoms with Crippen molar-refractivity contribution in [2.45, 2.75) is 19.7 Å². The SMILES string of the molecule is CCC(C)(CO)C(I)(I)I. The number of alkyl halides is 3. The molecule has 0 radical (unpaired) electrons. The van der Waals surface area contributed by atoms with Gasteiger partial charge in [0, 0.05) is 5.41 Å². The molecular weight excluding hydrogens is 469 g/mol. The molecule has 1 atom stereocenters. The molecule has 10 heavy (non-hydrogen) atoms. The molecular formula is C6H11I3O. The van der Waals surface area contributed by atoms with Crippen LogP contribution in [0, 0.1) is 5.41 Å². The molecule has 0 rings (SSSR count). The van der Waals surface area contributed by atoms with Crippen molar-refractivity contribution in [3.63, 3.8) is 0 Å². The van der Waals surface area contributed by atoms with Gasteiger partial charge < -0.3 is 5.11 Å². The first-order chi connectivity index (χ1) is 4.37. The maximum Gasteiger partial charge on any atom is 0.131 e. The van der Waals surface area contributed by atoms with E-state index in [1.165, 1.54) is 0 Å². The van der Waals surface area contributed by atoms with E-state index in [1.54, 1.807) is 0 Å². The minimum absolute atomic E-state index is 0.0364. The van der Waals surface area contributed by atoms with E-state index in [9.17, 15) is 0 Å². The minimum atomic E-state index is 0.0364. The second kappa shape index (κ2) is 4.40. The average molecular weight is 480 g/mol. The van der Waals surface area contributed by atoms with Crippen molar-refractivity contribution in [2.75, 3.05) is 6.61 Å². The predicted molar refractivity (Wildman–Crippen MR) is 70.3 cm³/mol. The zero-order valence-electron chi connectivity index (χ0n) is 6.00. The molecule has 1 N–H and O–H groups in total. The molecule has 0 aliphatic heterocycles. The number of halogens is 3. The molecule has 0 amide bonds. The Bertz CT molecular complexity index is 104. The van der Waals surface area contributed by atoms with Gasteiger partial charge in [-0.3, -0.25) is 0 Å². The minimum Gasteiger partial charge on any atom is -0.396 e. The number of aliphatic hydroxyl groups excluding tert-OH is 1. The van der Waals surface area contributed by atoms with Crippen LogP contribution in [-0.4, -0.2) is 11.1 Å². The highest BCUT2D eigenvalue weighted by atomic mass is 127. The zero-order valence-corrected chi connectivity index (χ0v) is 12.5. The van der Waals surface area contributed by atoms with Crippen molar-refractivity contribution in [1.82, 2.24) is 0 Å². The molecule has 0 bridgehead atoms. The fraction of sp³-hybridized carbons (Fsp3) is 1.00. The zero-order chi connectivity index (χ0) is 8.41. The van der Waals surface area contributed by atoms with Gasteiger partial charge in [0.25, 0.3) is 0 Å². The Morgan fingerprint density at radius 1 is 1.30 bits per heavy atom. The second-order valence-corrected chi connectivity index (χ2v) is 13.6. The lowest BCUT2D eigenvalue weighted by molar-refractivity contribution is 0.156. The van der Waals surface area contributed by atoms with E-state index in [0.717, 1.165) is 6.42 Å². The van der Waals surface area contributed by atoms with Crippen LogP contribution < -0.4 is 0 Å². The van der Waals surface area contributed by atoms with Gasteiger partial charge in [-0.25, -0.2) is 0 Å². The van der Waals surface area contributed by atoms with Gasteiger partial charge in [-0.05, 0) is 6.42 Å². The molecule has 0 spiro atoms. The maximum absolute atomic E-state index is 9.11. The van der Waals surface area contributed by atoms with Gasteiger partial charge >= 0.3 is 0 Å². The summed E-state index contributed by atoms with van der Waals surface area (Å²) in [7, 11) is 0. The highest BCUT2D eigenvalue weighted by Crippen LogP contribution is 2.52. The molecule has 1 nitrogen and oxygen atoms in total. The molecule has 0 heterocycles. The number of aliphatic hydroxyl groups is 1. The number of rotatable bonds is 3. The highest BCUT2D eigenvalue weighted by Gasteiger charge is 2.40. The van der Waals surface area contributed by atoms with Crippen molar-refractivity contribution in [1.29, 1.82) is 0 Å². The quantitative estimate of drug-likeness (QED) is 0.486. The van der Waals surface area contributed by atoms with Crippen molar-refractivity contribution < 1.29 is 5.11 Å². The van der Waals surface area contributed by atoms with E-state index in [0.29, 0.717) is 0 Å². The third kappa shape index (κ3) is 2.89. The van der Waals surface area contributed by atoms with E-state index in [-0.39, 0.29) is 11.5 Å². The van der Waals surface area contributed by atoms with E-state index in [1.807, 2.05) is 0 Å². The van der Waals surface area contributed by atoms with E-state index >= 15 is 0 Å². The molecule has 4 heteroatoms. The van der Waals surface area contributed by atoms with Crippen molar-refractivity contribution in [2.24, 2.45) is 5.41 Å². The van der Waals surface area contributed by atoms with E-state index in [2.05, 4.69) is 81.6 Å². The molecule has 0 aliphatic carbocycles. The van der Waals surface area contributed by atoms with Crippen LogP contribution in [0.4, 0.5) is 0 Å². The molecule has 0 aromatic heterocycles. The Morgan fingerprint density at radius 2 is 1.70 bits per heavy atom. The van der Waals surface area contributed by atoms with Crippen LogP contribution >= 0.6 is 67.8 Å². The standard InChI is InChI=1S/C6H11I3O/c1-3-5(2,4-10)6(7,8)9/h10H,3-4H2,1-2H3. The molecule has 0 aromatic rings. The average Bonchev–Trinajstić information content (AvgIpc) is 1.84. The fourth-order valence-electron chi connectivity index (χ4n) is 0.402. The molecule has 62 valence electrons. The molecule has 0 saturated carbocycles. The van der Waals surface area contributed by atoms with Gasteiger partial charge in [0.05, 0.1) is 6.61 Å². The third-order valence-electron chi connectivity index (χ3n) is 1.81. The number of hydrogen-bond acceptors (Lipinski definition) is 1. The Kier molecular flexibility index (Phi) is 5.35. The summed E-state index contributed by atoms with van der Waals surface area (Å²) in [6.45, 7) is 4.48. The Morgan fingerprint density at radius 3 is 1.70 bits per heavy atom. The molecule has 0 saturated heterocycles. The Balaban J connectivity index is 4.33. The highest BCUT2D eigenvalue weighted by molar-refractivity contribution is 14.3. The van der Waals surface area contributed by atoms with E-state index < -0.39 is 0 Å². The first-order valence-electron chi connectivity index (χ1n) is 3.05. The first-order valence-corrected chi connectivity index (χ1v) is 6.28. The fourth-order valence-corrected chi connectivity index (χ4v) is 2.06. The summed E-state index contributed by atoms with van der Waals surface area (Å²) in [5, 5.41) is 9.11. The largest absolute Gasteiger partial charge is 0.396 e. The van der Waals surface area contributed by atoms with Crippen molar-refractivity contribution in [3.05, 3.63) is 0 Å². The summed E-state index contributed by atoms with van der Waals surface area (Å²) in [5.41, 5.74) is 0.0364. The van der Waals surface area contributed by atoms with Crippen LogP contribution in [0.2, 0.25) is 0 Å². The lowest BCUT2D eigenvalue weighted by atomic mass is 9.92. The molecule has 0 aliphatic rings. The van der Waals surface area contributed by atoms with Crippen molar-refractivity contribution >= 4 is 67.8 Å². The lowest BCUT2D eigenvalue weighted by Gasteiger charge is -2.34. The summed E-state index contributed by atoms with van der Waals surface area (Å²) in [6.07, 6.45) is 1.01. The first kappa shape index (κ1) is 12.2. The smallest absolute Gasteiger partial charge is 0.131 e. The normalized spacial score (nSPS) is 18.6. The van der Waals surface area contributed by atoms with Crippen LogP contribution in [0.3, 0.4) is 0 Å². The monoisotopic (exact) mass is 480 g/mol. The summed E-state index contributed by atoms with van der Waals surface area (Å²) >= 11 is 7.11. The van der Waals surface area contributed by atoms with Gasteiger partial charge in [-0.1, -0.05) is 81.6 Å². The maximum atomic E-state index is 9.11. The lowest BCUT2D eigenvalue weighted by Crippen LogP contribution is -2.33. The number of hydrogen-bond donors (Lipinski definition) is 1. The van der Waals surface area contributed by atoms with Gasteiger partial charge in [-0.15, -0.1) is 0 Å². The molecule has 1 unspecified atom stereocenters. The van der Waals surface area contributed by atoms with Crippen LogP contribution in [0.1, 0.15) is 20.3 Å². The third-order valence-corrected chi connectivity index (χ3v) is 5.72. The van der Waals surface area contributed by atoms with Gasteiger partial charge in [0.2, 0.25) is 0 Å². The van der Waals surface area contributed by atoms with Crippen LogP contribution in [-0.2, 0) is 0 Å². The summed E-state index contributed by atoms with van der Waals surface area (Å²) in [5.74, 6) is 0. The van der Waals surface area contributed by atoms with Crippen LogP contribution in [0.25, 0.3) is 0 Å². The van der Waals surface area contributed by atoms with Crippen LogP contribution in [0.15, 0.2) is 0 Å². The summed E-state index contributed by atoms with van der Waals surface area (Å²) in [4.78, 5) is 0. The molecule has 0 fully saturated rings. The summed E-state index contributed by atoms with van der Waals surface area (Å²) < 4.78 is 0.115. The topological polar surface area (TPSA) is 20.2 Å². The second-order valence-electron chi connectivity index (χ2n) is 2.57. The van der Waals surface area contributed by atoms with Crippen molar-refractivity contribution in [3.8, 4) is 0 Å². The van der Waals surface area contributed by atoms with Gasteiger partial charge in [0.1, 0.15) is -0.565 Å². The Labute approximate surface area is 103 Å². The summed E-state index contributed by atoms with van der Waals surface area (Å²) in [6, 6.07) is 0. The molecule has 0 aromatic carbocycles. The van der Waals surface area contributed by atoms with E-state index in [4.69, 9.17) is 5.11 Å².